The summed E-state index contributed by atoms with van der Waals surface area (Å²) in [5.74, 6) is 0. The van der Waals surface area contributed by atoms with Crippen molar-refractivity contribution in [2.24, 2.45) is 0 Å². The highest BCUT2D eigenvalue weighted by molar-refractivity contribution is 5.67. The van der Waals surface area contributed by atoms with Crippen LogP contribution in [0.25, 0.3) is 0 Å². The van der Waals surface area contributed by atoms with Gasteiger partial charge in [0.25, 0.3) is 0 Å². The van der Waals surface area contributed by atoms with E-state index in [1.807, 2.05) is 0 Å². The van der Waals surface area contributed by atoms with Crippen LogP contribution >= 0.6 is 0 Å². The first-order valence-electron chi connectivity index (χ1n) is 5.79. The van der Waals surface area contributed by atoms with Gasteiger partial charge in [-0.2, -0.15) is 0 Å². The summed E-state index contributed by atoms with van der Waals surface area (Å²) in [4.78, 5) is 15.5. The normalized spacial score (nSPS) is 18.3. The van der Waals surface area contributed by atoms with Crippen molar-refractivity contribution >= 4 is 6.09 Å². The van der Waals surface area contributed by atoms with E-state index < -0.39 is 0 Å². The van der Waals surface area contributed by atoms with Gasteiger partial charge in [0, 0.05) is 32.2 Å². The van der Waals surface area contributed by atoms with Crippen molar-refractivity contribution < 1.29 is 9.53 Å². The number of amides is 1. The lowest BCUT2D eigenvalue weighted by atomic mass is 10.1. The number of methoxy groups -OCH3 is 1. The fourth-order valence-corrected chi connectivity index (χ4v) is 2.20. The Morgan fingerprint density at radius 3 is 2.13 bits per heavy atom. The highest BCUT2D eigenvalue weighted by Crippen LogP contribution is 2.12. The van der Waals surface area contributed by atoms with Crippen molar-refractivity contribution in [1.82, 2.24) is 9.80 Å². The smallest absolute Gasteiger partial charge is 0.409 e. The molecule has 0 unspecified atom stereocenters. The van der Waals surface area contributed by atoms with Gasteiger partial charge in [0.2, 0.25) is 0 Å². The van der Waals surface area contributed by atoms with E-state index in [0.29, 0.717) is 6.04 Å². The summed E-state index contributed by atoms with van der Waals surface area (Å²) in [6.45, 7) is 7.98. The van der Waals surface area contributed by atoms with Crippen molar-refractivity contribution in [2.45, 2.75) is 32.7 Å². The maximum Gasteiger partial charge on any atom is 0.409 e. The van der Waals surface area contributed by atoms with E-state index in [9.17, 15) is 4.79 Å². The molecule has 1 aliphatic heterocycles. The molecule has 0 aromatic carbocycles. The second-order valence-electron chi connectivity index (χ2n) is 3.96. The zero-order chi connectivity index (χ0) is 11.3. The Morgan fingerprint density at radius 2 is 1.73 bits per heavy atom. The first-order valence-corrected chi connectivity index (χ1v) is 5.79. The molecule has 1 heterocycles. The Hall–Kier alpha value is -0.770. The van der Waals surface area contributed by atoms with E-state index in [0.717, 1.165) is 26.2 Å². The molecule has 0 saturated carbocycles. The quantitative estimate of drug-likeness (QED) is 0.714. The van der Waals surface area contributed by atoms with Crippen LogP contribution in [0.5, 0.6) is 0 Å². The predicted octanol–water partition coefficient (Wildman–Crippen LogP) is 1.56. The molecular weight excluding hydrogens is 192 g/mol. The van der Waals surface area contributed by atoms with Crippen molar-refractivity contribution in [3.8, 4) is 0 Å². The highest BCUT2D eigenvalue weighted by atomic mass is 16.5. The van der Waals surface area contributed by atoms with Crippen LogP contribution in [-0.2, 0) is 4.74 Å². The molecule has 4 nitrogen and oxygen atoms in total. The number of hydrogen-bond acceptors (Lipinski definition) is 3. The average Bonchev–Trinajstić information content (AvgIpc) is 2.30. The van der Waals surface area contributed by atoms with E-state index in [1.54, 1.807) is 4.90 Å². The van der Waals surface area contributed by atoms with Gasteiger partial charge in [0.15, 0.2) is 0 Å². The molecule has 0 atom stereocenters. The number of nitrogens with zero attached hydrogens (tertiary/aromatic N) is 2. The largest absolute Gasteiger partial charge is 0.453 e. The molecule has 0 bridgehead atoms. The summed E-state index contributed by atoms with van der Waals surface area (Å²) in [5.41, 5.74) is 0. The minimum absolute atomic E-state index is 0.195. The lowest BCUT2D eigenvalue weighted by Crippen LogP contribution is -2.51. The Labute approximate surface area is 92.2 Å². The topological polar surface area (TPSA) is 32.8 Å². The van der Waals surface area contributed by atoms with Crippen LogP contribution in [0.3, 0.4) is 0 Å². The Bertz CT molecular complexity index is 197. The summed E-state index contributed by atoms with van der Waals surface area (Å²) in [6.07, 6.45) is 2.18. The van der Waals surface area contributed by atoms with Gasteiger partial charge >= 0.3 is 6.09 Å². The first kappa shape index (κ1) is 12.3. The highest BCUT2D eigenvalue weighted by Gasteiger charge is 2.24. The van der Waals surface area contributed by atoms with Crippen molar-refractivity contribution in [2.75, 3.05) is 33.3 Å². The van der Waals surface area contributed by atoms with E-state index in [-0.39, 0.29) is 6.09 Å². The zero-order valence-electron chi connectivity index (χ0n) is 10.0. The molecule has 0 radical (unpaired) electrons. The maximum absolute atomic E-state index is 11.3. The van der Waals surface area contributed by atoms with E-state index in [1.165, 1.54) is 20.0 Å². The second-order valence-corrected chi connectivity index (χ2v) is 3.96. The zero-order valence-corrected chi connectivity index (χ0v) is 10.0. The third-order valence-corrected chi connectivity index (χ3v) is 3.21. The number of carbonyl (C=O) groups is 1. The van der Waals surface area contributed by atoms with Gasteiger partial charge in [0.05, 0.1) is 7.11 Å². The van der Waals surface area contributed by atoms with Crippen LogP contribution < -0.4 is 0 Å². The van der Waals surface area contributed by atoms with Gasteiger partial charge in [-0.25, -0.2) is 4.79 Å². The fourth-order valence-electron chi connectivity index (χ4n) is 2.20. The Kier molecular flexibility index (Phi) is 4.88. The summed E-state index contributed by atoms with van der Waals surface area (Å²) in [5, 5.41) is 0. The Morgan fingerprint density at radius 1 is 1.20 bits per heavy atom. The van der Waals surface area contributed by atoms with Gasteiger partial charge in [-0.05, 0) is 12.8 Å². The SMILES string of the molecule is CCC(CC)N1CCN(C(=O)OC)CC1. The molecule has 4 heteroatoms. The maximum atomic E-state index is 11.3. The average molecular weight is 214 g/mol. The lowest BCUT2D eigenvalue weighted by Gasteiger charge is -2.38. The van der Waals surface area contributed by atoms with E-state index >= 15 is 0 Å². The number of carbonyl (C=O) groups excluding carboxylic acids is 1. The molecular formula is C11H22N2O2. The first-order chi connectivity index (χ1) is 7.22. The van der Waals surface area contributed by atoms with Gasteiger partial charge < -0.3 is 9.64 Å². The van der Waals surface area contributed by atoms with Crippen LogP contribution in [0.2, 0.25) is 0 Å². The fraction of sp³-hybridized carbons (Fsp3) is 0.909. The molecule has 0 aromatic rings. The third kappa shape index (κ3) is 3.09. The third-order valence-electron chi connectivity index (χ3n) is 3.21. The number of rotatable bonds is 3. The van der Waals surface area contributed by atoms with Gasteiger partial charge in [0.1, 0.15) is 0 Å². The molecule has 0 aromatic heterocycles. The van der Waals surface area contributed by atoms with Gasteiger partial charge in [-0.15, -0.1) is 0 Å². The van der Waals surface area contributed by atoms with Gasteiger partial charge in [-0.3, -0.25) is 4.90 Å². The van der Waals surface area contributed by atoms with Gasteiger partial charge in [-0.1, -0.05) is 13.8 Å². The van der Waals surface area contributed by atoms with Crippen molar-refractivity contribution in [3.63, 3.8) is 0 Å². The van der Waals surface area contributed by atoms with Crippen LogP contribution in [-0.4, -0.2) is 55.2 Å². The molecule has 0 aliphatic carbocycles. The molecule has 1 rings (SSSR count). The molecule has 0 N–H and O–H groups in total. The summed E-state index contributed by atoms with van der Waals surface area (Å²) in [7, 11) is 1.44. The van der Waals surface area contributed by atoms with Crippen LogP contribution in [0, 0.1) is 0 Å². The molecule has 1 amide bonds. The monoisotopic (exact) mass is 214 g/mol. The number of hydrogen-bond donors (Lipinski definition) is 0. The number of ether oxygens (including phenoxy) is 1. The minimum atomic E-state index is -0.195. The standard InChI is InChI=1S/C11H22N2O2/c1-4-10(5-2)12-6-8-13(9-7-12)11(14)15-3/h10H,4-9H2,1-3H3. The van der Waals surface area contributed by atoms with E-state index in [2.05, 4.69) is 18.7 Å². The van der Waals surface area contributed by atoms with E-state index in [4.69, 9.17) is 4.74 Å². The molecule has 1 fully saturated rings. The summed E-state index contributed by atoms with van der Waals surface area (Å²) in [6, 6.07) is 0.671. The molecule has 88 valence electrons. The van der Waals surface area contributed by atoms with Crippen LogP contribution in [0.4, 0.5) is 4.79 Å². The summed E-state index contributed by atoms with van der Waals surface area (Å²) < 4.78 is 4.71. The molecule has 1 saturated heterocycles. The van der Waals surface area contributed by atoms with Crippen LogP contribution in [0.15, 0.2) is 0 Å². The van der Waals surface area contributed by atoms with Crippen LogP contribution in [0.1, 0.15) is 26.7 Å². The van der Waals surface area contributed by atoms with Crippen molar-refractivity contribution in [3.05, 3.63) is 0 Å². The van der Waals surface area contributed by atoms with Crippen molar-refractivity contribution in [1.29, 1.82) is 0 Å². The predicted molar refractivity (Wildman–Crippen MR) is 59.9 cm³/mol. The summed E-state index contributed by atoms with van der Waals surface area (Å²) >= 11 is 0. The molecule has 0 spiro atoms. The number of piperazine rings is 1. The second kappa shape index (κ2) is 5.95. The Balaban J connectivity index is 2.38. The minimum Gasteiger partial charge on any atom is -0.453 e. The lowest BCUT2D eigenvalue weighted by molar-refractivity contribution is 0.0727. The molecule has 15 heavy (non-hydrogen) atoms. The molecule has 1 aliphatic rings.